The average molecular weight is 444 g/mol. The van der Waals surface area contributed by atoms with Crippen molar-refractivity contribution >= 4 is 38.6 Å². The first-order chi connectivity index (χ1) is 14.9. The van der Waals surface area contributed by atoms with Crippen molar-refractivity contribution in [1.82, 2.24) is 9.88 Å². The van der Waals surface area contributed by atoms with Crippen molar-refractivity contribution in [3.05, 3.63) is 47.5 Å². The Morgan fingerprint density at radius 2 is 1.58 bits per heavy atom. The van der Waals surface area contributed by atoms with Crippen LogP contribution in [0.1, 0.15) is 20.7 Å². The van der Waals surface area contributed by atoms with Crippen LogP contribution in [0, 0.1) is 0 Å². The van der Waals surface area contributed by atoms with Crippen LogP contribution in [-0.2, 0) is 4.74 Å². The zero-order valence-corrected chi connectivity index (χ0v) is 19.0. The van der Waals surface area contributed by atoms with Gasteiger partial charge in [0.15, 0.2) is 5.13 Å². The van der Waals surface area contributed by atoms with Crippen molar-refractivity contribution in [2.45, 2.75) is 0 Å². The molecule has 164 valence electrons. The van der Waals surface area contributed by atoms with Crippen LogP contribution in [0.4, 0.5) is 5.13 Å². The van der Waals surface area contributed by atoms with Gasteiger partial charge in [0.1, 0.15) is 21.7 Å². The third kappa shape index (κ3) is 4.62. The van der Waals surface area contributed by atoms with Gasteiger partial charge >= 0.3 is 5.97 Å². The standard InChI is InChI=1S/C22H25N3O5S/c1-24(2)12-13-25(20(26)14-8-6-7-9-15(14)21(27)30-5)22-23-18-16(28-3)10-11-17(29-4)19(18)31-22/h6-11H,12-13H2,1-5H3. The number of rotatable bonds is 8. The molecule has 0 atom stereocenters. The number of ether oxygens (including phenoxy) is 3. The molecule has 0 fully saturated rings. The highest BCUT2D eigenvalue weighted by atomic mass is 32.1. The topological polar surface area (TPSA) is 81.2 Å². The second-order valence-electron chi connectivity index (χ2n) is 6.94. The molecule has 0 aliphatic heterocycles. The monoisotopic (exact) mass is 443 g/mol. The van der Waals surface area contributed by atoms with Crippen LogP contribution in [0.3, 0.4) is 0 Å². The Balaban J connectivity index is 2.12. The molecule has 31 heavy (non-hydrogen) atoms. The lowest BCUT2D eigenvalue weighted by Crippen LogP contribution is -2.37. The summed E-state index contributed by atoms with van der Waals surface area (Å²) >= 11 is 1.34. The summed E-state index contributed by atoms with van der Waals surface area (Å²) in [5.41, 5.74) is 1.08. The summed E-state index contributed by atoms with van der Waals surface area (Å²) in [5.74, 6) is 0.340. The lowest BCUT2D eigenvalue weighted by atomic mass is 10.1. The van der Waals surface area contributed by atoms with Gasteiger partial charge in [-0.15, -0.1) is 0 Å². The smallest absolute Gasteiger partial charge is 0.338 e. The number of nitrogens with zero attached hydrogens (tertiary/aromatic N) is 3. The molecule has 0 bridgehead atoms. The van der Waals surface area contributed by atoms with Gasteiger partial charge in [-0.1, -0.05) is 23.5 Å². The quantitative estimate of drug-likeness (QED) is 0.494. The Morgan fingerprint density at radius 1 is 0.935 bits per heavy atom. The van der Waals surface area contributed by atoms with Gasteiger partial charge < -0.3 is 19.1 Å². The molecule has 0 radical (unpaired) electrons. The molecule has 0 unspecified atom stereocenters. The number of methoxy groups -OCH3 is 3. The molecule has 0 spiro atoms. The number of fused-ring (bicyclic) bond motifs is 1. The van der Waals surface area contributed by atoms with Crippen molar-refractivity contribution in [3.8, 4) is 11.5 Å². The van der Waals surface area contributed by atoms with Crippen molar-refractivity contribution in [2.75, 3.05) is 53.4 Å². The fraction of sp³-hybridized carbons (Fsp3) is 0.318. The summed E-state index contributed by atoms with van der Waals surface area (Å²) in [6.45, 7) is 0.988. The molecule has 2 aromatic carbocycles. The molecule has 9 heteroatoms. The van der Waals surface area contributed by atoms with Crippen LogP contribution in [0.25, 0.3) is 10.2 Å². The molecule has 0 aliphatic rings. The van der Waals surface area contributed by atoms with Gasteiger partial charge in [0, 0.05) is 13.1 Å². The number of carbonyl (C=O) groups excluding carboxylic acids is 2. The zero-order chi connectivity index (χ0) is 22.5. The van der Waals surface area contributed by atoms with E-state index in [-0.39, 0.29) is 17.0 Å². The summed E-state index contributed by atoms with van der Waals surface area (Å²) in [7, 11) is 8.30. The van der Waals surface area contributed by atoms with Gasteiger partial charge in [0.25, 0.3) is 5.91 Å². The molecule has 0 saturated carbocycles. The van der Waals surface area contributed by atoms with E-state index in [0.29, 0.717) is 35.2 Å². The van der Waals surface area contributed by atoms with Crippen molar-refractivity contribution in [1.29, 1.82) is 0 Å². The van der Waals surface area contributed by atoms with Gasteiger partial charge in [-0.3, -0.25) is 9.69 Å². The fourth-order valence-electron chi connectivity index (χ4n) is 3.08. The number of hydrogen-bond donors (Lipinski definition) is 0. The highest BCUT2D eigenvalue weighted by molar-refractivity contribution is 7.22. The van der Waals surface area contributed by atoms with E-state index in [0.717, 1.165) is 4.70 Å². The van der Waals surface area contributed by atoms with E-state index in [4.69, 9.17) is 19.2 Å². The van der Waals surface area contributed by atoms with Crippen LogP contribution in [-0.4, -0.2) is 70.3 Å². The Kier molecular flexibility index (Phi) is 7.09. The van der Waals surface area contributed by atoms with Gasteiger partial charge in [0.05, 0.1) is 32.5 Å². The Morgan fingerprint density at radius 3 is 2.19 bits per heavy atom. The van der Waals surface area contributed by atoms with Crippen LogP contribution in [0.2, 0.25) is 0 Å². The minimum atomic E-state index is -0.566. The molecule has 8 nitrogen and oxygen atoms in total. The average Bonchev–Trinajstić information content (AvgIpc) is 3.22. The third-order valence-corrected chi connectivity index (χ3v) is 5.80. The van der Waals surface area contributed by atoms with E-state index in [2.05, 4.69) is 0 Å². The number of hydrogen-bond acceptors (Lipinski definition) is 8. The Bertz CT molecular complexity index is 1050. The largest absolute Gasteiger partial charge is 0.495 e. The normalized spacial score (nSPS) is 10.9. The molecule has 0 aliphatic carbocycles. The molecule has 3 aromatic rings. The lowest BCUT2D eigenvalue weighted by molar-refractivity contribution is 0.0597. The summed E-state index contributed by atoms with van der Waals surface area (Å²) in [6.07, 6.45) is 0. The van der Waals surface area contributed by atoms with Crippen LogP contribution in [0.5, 0.6) is 11.5 Å². The zero-order valence-electron chi connectivity index (χ0n) is 18.2. The number of esters is 1. The van der Waals surface area contributed by atoms with Crippen LogP contribution >= 0.6 is 11.3 Å². The number of anilines is 1. The molecule has 1 aromatic heterocycles. The number of likely N-dealkylation sites (N-methyl/N-ethyl adjacent to an activating group) is 1. The fourth-order valence-corrected chi connectivity index (χ4v) is 4.18. The number of benzene rings is 2. The van der Waals surface area contributed by atoms with Crippen molar-refractivity contribution < 1.29 is 23.8 Å². The van der Waals surface area contributed by atoms with E-state index in [1.165, 1.54) is 18.4 Å². The summed E-state index contributed by atoms with van der Waals surface area (Å²) in [4.78, 5) is 34.1. The van der Waals surface area contributed by atoms with Crippen LogP contribution in [0.15, 0.2) is 36.4 Å². The summed E-state index contributed by atoms with van der Waals surface area (Å²) < 4.78 is 16.5. The predicted molar refractivity (Wildman–Crippen MR) is 121 cm³/mol. The molecular formula is C22H25N3O5S. The van der Waals surface area contributed by atoms with Gasteiger partial charge in [-0.05, 0) is 38.4 Å². The highest BCUT2D eigenvalue weighted by Crippen LogP contribution is 2.40. The van der Waals surface area contributed by atoms with E-state index in [1.807, 2.05) is 25.1 Å². The minimum absolute atomic E-state index is 0.209. The summed E-state index contributed by atoms with van der Waals surface area (Å²) in [5, 5.41) is 0.490. The maximum atomic E-state index is 13.6. The number of aromatic nitrogens is 1. The highest BCUT2D eigenvalue weighted by Gasteiger charge is 2.27. The SMILES string of the molecule is COC(=O)c1ccccc1C(=O)N(CCN(C)C)c1nc2c(OC)ccc(OC)c2s1. The molecule has 0 saturated heterocycles. The second-order valence-corrected chi connectivity index (χ2v) is 7.92. The van der Waals surface area contributed by atoms with Crippen LogP contribution < -0.4 is 14.4 Å². The van der Waals surface area contributed by atoms with E-state index in [9.17, 15) is 9.59 Å². The first kappa shape index (κ1) is 22.5. The van der Waals surface area contributed by atoms with Gasteiger partial charge in [-0.2, -0.15) is 0 Å². The first-order valence-corrected chi connectivity index (χ1v) is 10.4. The Hall–Kier alpha value is -3.17. The molecular weight excluding hydrogens is 418 g/mol. The van der Waals surface area contributed by atoms with Crippen molar-refractivity contribution in [3.63, 3.8) is 0 Å². The molecule has 0 N–H and O–H groups in total. The van der Waals surface area contributed by atoms with Crippen molar-refractivity contribution in [2.24, 2.45) is 0 Å². The van der Waals surface area contributed by atoms with Gasteiger partial charge in [0.2, 0.25) is 0 Å². The maximum absolute atomic E-state index is 13.6. The molecule has 1 amide bonds. The van der Waals surface area contributed by atoms with Gasteiger partial charge in [-0.25, -0.2) is 9.78 Å². The number of amides is 1. The number of thiazole rings is 1. The third-order valence-electron chi connectivity index (χ3n) is 4.71. The maximum Gasteiger partial charge on any atom is 0.338 e. The van der Waals surface area contributed by atoms with E-state index >= 15 is 0 Å². The molecule has 1 heterocycles. The van der Waals surface area contributed by atoms with E-state index in [1.54, 1.807) is 49.5 Å². The van der Waals surface area contributed by atoms with E-state index < -0.39 is 5.97 Å². The predicted octanol–water partition coefficient (Wildman–Crippen LogP) is 3.31. The second kappa shape index (κ2) is 9.76. The molecule has 3 rings (SSSR count). The summed E-state index contributed by atoms with van der Waals surface area (Å²) in [6, 6.07) is 10.2. The number of carbonyl (C=O) groups is 2. The first-order valence-electron chi connectivity index (χ1n) is 9.56. The minimum Gasteiger partial charge on any atom is -0.495 e. The lowest BCUT2D eigenvalue weighted by Gasteiger charge is -2.22. The Labute approximate surface area is 184 Å².